The number of alkyl halides is 1. The molecule has 0 saturated carbocycles. The topological polar surface area (TPSA) is 9.23 Å². The Kier molecular flexibility index (Phi) is 6.09. The smallest absolute Gasteiger partial charge is 0.291 e. The van der Waals surface area contributed by atoms with Crippen LogP contribution >= 0.6 is 22.7 Å². The van der Waals surface area contributed by atoms with Crippen LogP contribution in [0.2, 0.25) is 18.6 Å². The van der Waals surface area contributed by atoms with Gasteiger partial charge in [-0.05, 0) is 18.6 Å². The molecule has 0 aromatic rings. The molecule has 11 heavy (non-hydrogen) atoms. The van der Waals surface area contributed by atoms with Gasteiger partial charge in [-0.1, -0.05) is 13.8 Å². The second-order valence-corrected chi connectivity index (χ2v) is 12.3. The summed E-state index contributed by atoms with van der Waals surface area (Å²) in [5.41, 5.74) is 0.498. The van der Waals surface area contributed by atoms with Crippen molar-refractivity contribution in [1.29, 1.82) is 0 Å². The van der Waals surface area contributed by atoms with Crippen LogP contribution in [0.3, 0.4) is 0 Å². The van der Waals surface area contributed by atoms with Crippen LogP contribution in [0, 0.1) is 0 Å². The molecule has 0 heterocycles. The van der Waals surface area contributed by atoms with E-state index in [1.165, 1.54) is 0 Å². The SMILES string of the molecule is CC[SiH](CC)O[Si](C)(Cl)CCl. The van der Waals surface area contributed by atoms with Gasteiger partial charge in [0.1, 0.15) is 0 Å². The molecule has 1 unspecified atom stereocenters. The molecule has 0 fully saturated rings. The highest BCUT2D eigenvalue weighted by atomic mass is 35.6. The molecule has 0 radical (unpaired) electrons. The van der Waals surface area contributed by atoms with Gasteiger partial charge in [-0.15, -0.1) is 22.7 Å². The lowest BCUT2D eigenvalue weighted by atomic mass is 11.0. The molecule has 1 nitrogen and oxygen atoms in total. The van der Waals surface area contributed by atoms with Gasteiger partial charge in [-0.3, -0.25) is 0 Å². The maximum atomic E-state index is 6.09. The van der Waals surface area contributed by atoms with Gasteiger partial charge in [0.15, 0.2) is 9.04 Å². The number of halogens is 2. The monoisotopic (exact) mass is 230 g/mol. The molecule has 5 heteroatoms. The Morgan fingerprint density at radius 2 is 1.82 bits per heavy atom. The van der Waals surface area contributed by atoms with Gasteiger partial charge < -0.3 is 4.12 Å². The summed E-state index contributed by atoms with van der Waals surface area (Å²) in [6, 6.07) is 2.31. The van der Waals surface area contributed by atoms with E-state index in [1.807, 2.05) is 6.55 Å². The van der Waals surface area contributed by atoms with Gasteiger partial charge in [0.05, 0.1) is 5.50 Å². The van der Waals surface area contributed by atoms with Crippen molar-refractivity contribution in [2.45, 2.75) is 32.5 Å². The van der Waals surface area contributed by atoms with Gasteiger partial charge in [0.25, 0.3) is 7.63 Å². The van der Waals surface area contributed by atoms with Gasteiger partial charge >= 0.3 is 0 Å². The quantitative estimate of drug-likeness (QED) is 0.401. The molecule has 0 bridgehead atoms. The third kappa shape index (κ3) is 5.25. The van der Waals surface area contributed by atoms with Crippen LogP contribution in [0.15, 0.2) is 0 Å². The van der Waals surface area contributed by atoms with E-state index in [4.69, 9.17) is 26.8 Å². The lowest BCUT2D eigenvalue weighted by Crippen LogP contribution is -2.37. The second kappa shape index (κ2) is 5.59. The van der Waals surface area contributed by atoms with Crippen molar-refractivity contribution in [3.8, 4) is 0 Å². The minimum Gasteiger partial charge on any atom is -0.446 e. The third-order valence-corrected chi connectivity index (χ3v) is 10.3. The Hall–Kier alpha value is 0.974. The van der Waals surface area contributed by atoms with Gasteiger partial charge in [0.2, 0.25) is 0 Å². The first-order chi connectivity index (χ1) is 5.05. The first-order valence-corrected chi connectivity index (χ1v) is 10.2. The zero-order chi connectivity index (χ0) is 8.91. The molecule has 68 valence electrons. The predicted octanol–water partition coefficient (Wildman–Crippen LogP) is 2.86. The maximum Gasteiger partial charge on any atom is 0.291 e. The second-order valence-electron chi connectivity index (χ2n) is 2.79. The van der Waals surface area contributed by atoms with Crippen LogP contribution in [-0.4, -0.2) is 22.2 Å². The largest absolute Gasteiger partial charge is 0.446 e. The average Bonchev–Trinajstić information content (AvgIpc) is 2.00. The molecule has 0 rings (SSSR count). The van der Waals surface area contributed by atoms with E-state index in [0.717, 1.165) is 12.1 Å². The van der Waals surface area contributed by atoms with Crippen molar-refractivity contribution in [3.63, 3.8) is 0 Å². The summed E-state index contributed by atoms with van der Waals surface area (Å²) in [7, 11) is -2.97. The number of hydrogen-bond donors (Lipinski definition) is 0. The molecule has 0 amide bonds. The third-order valence-electron chi connectivity index (χ3n) is 1.56. The molecule has 0 spiro atoms. The lowest BCUT2D eigenvalue weighted by molar-refractivity contribution is 0.581. The van der Waals surface area contributed by atoms with Crippen LogP contribution in [0.5, 0.6) is 0 Å². The van der Waals surface area contributed by atoms with Crippen LogP contribution in [0.25, 0.3) is 0 Å². The van der Waals surface area contributed by atoms with Crippen LogP contribution in [-0.2, 0) is 4.12 Å². The highest BCUT2D eigenvalue weighted by Gasteiger charge is 2.27. The summed E-state index contributed by atoms with van der Waals surface area (Å²) < 4.78 is 5.80. The molecule has 1 atom stereocenters. The van der Waals surface area contributed by atoms with Crippen molar-refractivity contribution in [1.82, 2.24) is 0 Å². The Labute approximate surface area is 81.6 Å². The van der Waals surface area contributed by atoms with Crippen LogP contribution in [0.1, 0.15) is 13.8 Å². The summed E-state index contributed by atoms with van der Waals surface area (Å²) in [4.78, 5) is 0. The van der Waals surface area contributed by atoms with E-state index in [2.05, 4.69) is 13.8 Å². The van der Waals surface area contributed by atoms with Gasteiger partial charge in [0, 0.05) is 0 Å². The summed E-state index contributed by atoms with van der Waals surface area (Å²) in [5.74, 6) is 0. The molecule has 0 aliphatic heterocycles. The Morgan fingerprint density at radius 1 is 1.36 bits per heavy atom. The van der Waals surface area contributed by atoms with Crippen molar-refractivity contribution in [3.05, 3.63) is 0 Å². The molecule has 0 saturated heterocycles. The van der Waals surface area contributed by atoms with Crippen molar-refractivity contribution < 1.29 is 4.12 Å². The Morgan fingerprint density at radius 3 is 2.09 bits per heavy atom. The fourth-order valence-electron chi connectivity index (χ4n) is 0.834. The molecule has 0 aromatic heterocycles. The standard InChI is InChI=1S/C6H16Cl2OSi2/c1-4-10(5-2)9-11(3,8)6-7/h10H,4-6H2,1-3H3. The molecule has 0 aliphatic carbocycles. The molecule has 0 aromatic carbocycles. The highest BCUT2D eigenvalue weighted by Crippen LogP contribution is 2.16. The molecular weight excluding hydrogens is 215 g/mol. The van der Waals surface area contributed by atoms with Crippen molar-refractivity contribution >= 4 is 39.3 Å². The van der Waals surface area contributed by atoms with Crippen molar-refractivity contribution in [2.75, 3.05) is 5.50 Å². The van der Waals surface area contributed by atoms with Crippen LogP contribution in [0.4, 0.5) is 0 Å². The normalized spacial score (nSPS) is 16.9. The number of rotatable bonds is 5. The summed E-state index contributed by atoms with van der Waals surface area (Å²) in [6.07, 6.45) is 0. The van der Waals surface area contributed by atoms with Crippen molar-refractivity contribution in [2.24, 2.45) is 0 Å². The van der Waals surface area contributed by atoms with E-state index in [9.17, 15) is 0 Å². The Balaban J connectivity index is 3.79. The van der Waals surface area contributed by atoms with Gasteiger partial charge in [-0.25, -0.2) is 0 Å². The zero-order valence-corrected chi connectivity index (χ0v) is 11.0. The Bertz CT molecular complexity index is 107. The minimum absolute atomic E-state index is 0.498. The average molecular weight is 231 g/mol. The fourth-order valence-corrected chi connectivity index (χ4v) is 7.48. The summed E-state index contributed by atoms with van der Waals surface area (Å²) in [5, 5.41) is 0. The maximum absolute atomic E-state index is 6.09. The predicted molar refractivity (Wildman–Crippen MR) is 57.4 cm³/mol. The first-order valence-electron chi connectivity index (χ1n) is 3.98. The van der Waals surface area contributed by atoms with E-state index < -0.39 is 16.7 Å². The fraction of sp³-hybridized carbons (Fsp3) is 1.00. The van der Waals surface area contributed by atoms with E-state index in [0.29, 0.717) is 5.50 Å². The van der Waals surface area contributed by atoms with Crippen LogP contribution < -0.4 is 0 Å². The molecule has 0 aliphatic rings. The summed E-state index contributed by atoms with van der Waals surface area (Å²) >= 11 is 11.8. The molecule has 0 N–H and O–H groups in total. The minimum atomic E-state index is -1.98. The highest BCUT2D eigenvalue weighted by molar-refractivity contribution is 7.19. The first kappa shape index (κ1) is 12.0. The number of hydrogen-bond acceptors (Lipinski definition) is 1. The molecular formula is C6H16Cl2OSi2. The zero-order valence-electron chi connectivity index (χ0n) is 7.36. The lowest BCUT2D eigenvalue weighted by Gasteiger charge is -2.23. The van der Waals surface area contributed by atoms with E-state index >= 15 is 0 Å². The summed E-state index contributed by atoms with van der Waals surface area (Å²) in [6.45, 7) is 6.29. The van der Waals surface area contributed by atoms with E-state index in [1.54, 1.807) is 0 Å². The van der Waals surface area contributed by atoms with Gasteiger partial charge in [-0.2, -0.15) is 0 Å². The van der Waals surface area contributed by atoms with E-state index in [-0.39, 0.29) is 0 Å².